The molecule has 19 heavy (non-hydrogen) atoms. The second-order valence-electron chi connectivity index (χ2n) is 5.74. The molecule has 4 nitrogen and oxygen atoms in total. The Hall–Kier alpha value is -0.260. The van der Waals surface area contributed by atoms with Gasteiger partial charge in [0, 0.05) is 30.9 Å². The summed E-state index contributed by atoms with van der Waals surface area (Å²) in [7, 11) is 0. The van der Waals surface area contributed by atoms with Crippen LogP contribution in [0.25, 0.3) is 0 Å². The van der Waals surface area contributed by atoms with Gasteiger partial charge in [0.15, 0.2) is 0 Å². The summed E-state index contributed by atoms with van der Waals surface area (Å²) in [6.07, 6.45) is 4.82. The molecule has 0 aromatic heterocycles. The number of carboxylic acid groups (broad SMARTS) is 1. The van der Waals surface area contributed by atoms with Gasteiger partial charge in [0.05, 0.1) is 6.54 Å². The molecule has 2 fully saturated rings. The molecule has 0 aromatic rings. The number of thioether (sulfide) groups is 1. The third-order valence-electron chi connectivity index (χ3n) is 4.04. The van der Waals surface area contributed by atoms with Crippen molar-refractivity contribution in [2.24, 2.45) is 5.92 Å². The molecule has 110 valence electrons. The monoisotopic (exact) mass is 286 g/mol. The van der Waals surface area contributed by atoms with Gasteiger partial charge in [-0.25, -0.2) is 0 Å². The number of hydrogen-bond acceptors (Lipinski definition) is 4. The predicted octanol–water partition coefficient (Wildman–Crippen LogP) is 1.66. The summed E-state index contributed by atoms with van der Waals surface area (Å²) < 4.78 is 0. The lowest BCUT2D eigenvalue weighted by Crippen LogP contribution is -2.54. The van der Waals surface area contributed by atoms with Gasteiger partial charge in [-0.2, -0.15) is 11.8 Å². The topological polar surface area (TPSA) is 52.6 Å². The SMILES string of the molecule is CCSCCNC1CC(N(CC(=O)O)CC2CC2)C1. The maximum atomic E-state index is 10.9. The minimum Gasteiger partial charge on any atom is -0.480 e. The van der Waals surface area contributed by atoms with Crippen LogP contribution in [-0.2, 0) is 4.79 Å². The number of aliphatic carboxylic acids is 1. The van der Waals surface area contributed by atoms with E-state index >= 15 is 0 Å². The molecule has 0 aliphatic heterocycles. The van der Waals surface area contributed by atoms with Crippen molar-refractivity contribution in [3.8, 4) is 0 Å². The lowest BCUT2D eigenvalue weighted by atomic mass is 9.85. The first kappa shape index (κ1) is 15.1. The molecule has 0 bridgehead atoms. The number of carbonyl (C=O) groups is 1. The Morgan fingerprint density at radius 1 is 1.42 bits per heavy atom. The summed E-state index contributed by atoms with van der Waals surface area (Å²) in [6.45, 7) is 4.48. The van der Waals surface area contributed by atoms with E-state index in [-0.39, 0.29) is 6.54 Å². The Balaban J connectivity index is 1.62. The first-order valence-corrected chi connectivity index (χ1v) is 8.61. The second kappa shape index (κ2) is 7.50. The number of hydrogen-bond donors (Lipinski definition) is 2. The van der Waals surface area contributed by atoms with Crippen LogP contribution in [0.3, 0.4) is 0 Å². The first-order valence-electron chi connectivity index (χ1n) is 7.46. The van der Waals surface area contributed by atoms with E-state index in [1.807, 2.05) is 11.8 Å². The molecule has 0 radical (unpaired) electrons. The number of rotatable bonds is 10. The molecule has 0 atom stereocenters. The van der Waals surface area contributed by atoms with Gasteiger partial charge in [-0.3, -0.25) is 9.69 Å². The summed E-state index contributed by atoms with van der Waals surface area (Å²) in [5, 5.41) is 12.6. The van der Waals surface area contributed by atoms with Gasteiger partial charge in [-0.05, 0) is 37.4 Å². The van der Waals surface area contributed by atoms with Gasteiger partial charge < -0.3 is 10.4 Å². The van der Waals surface area contributed by atoms with Crippen LogP contribution < -0.4 is 5.32 Å². The van der Waals surface area contributed by atoms with E-state index in [2.05, 4.69) is 17.1 Å². The molecule has 2 aliphatic rings. The van der Waals surface area contributed by atoms with E-state index in [9.17, 15) is 4.79 Å². The number of carboxylic acids is 1. The number of nitrogens with zero attached hydrogens (tertiary/aromatic N) is 1. The van der Waals surface area contributed by atoms with Crippen molar-refractivity contribution >= 4 is 17.7 Å². The summed E-state index contributed by atoms with van der Waals surface area (Å²) >= 11 is 1.97. The van der Waals surface area contributed by atoms with E-state index in [1.54, 1.807) is 0 Å². The van der Waals surface area contributed by atoms with Crippen LogP contribution in [0.5, 0.6) is 0 Å². The van der Waals surface area contributed by atoms with Gasteiger partial charge in [0.25, 0.3) is 0 Å². The number of nitrogens with one attached hydrogen (secondary N) is 1. The average molecular weight is 286 g/mol. The summed E-state index contributed by atoms with van der Waals surface area (Å²) in [5.41, 5.74) is 0. The Bertz CT molecular complexity index is 291. The summed E-state index contributed by atoms with van der Waals surface area (Å²) in [5.74, 6) is 2.45. The highest BCUT2D eigenvalue weighted by atomic mass is 32.2. The molecular weight excluding hydrogens is 260 g/mol. The van der Waals surface area contributed by atoms with E-state index in [0.717, 1.165) is 31.8 Å². The van der Waals surface area contributed by atoms with Crippen molar-refractivity contribution in [3.63, 3.8) is 0 Å². The highest BCUT2D eigenvalue weighted by Crippen LogP contribution is 2.33. The van der Waals surface area contributed by atoms with Crippen molar-refractivity contribution in [2.45, 2.75) is 44.7 Å². The van der Waals surface area contributed by atoms with E-state index in [1.165, 1.54) is 24.3 Å². The fourth-order valence-electron chi connectivity index (χ4n) is 2.68. The van der Waals surface area contributed by atoms with Crippen LogP contribution in [0.2, 0.25) is 0 Å². The van der Waals surface area contributed by atoms with E-state index in [0.29, 0.717) is 12.1 Å². The Morgan fingerprint density at radius 3 is 2.74 bits per heavy atom. The molecule has 0 spiro atoms. The van der Waals surface area contributed by atoms with Crippen LogP contribution in [-0.4, -0.2) is 59.2 Å². The van der Waals surface area contributed by atoms with Gasteiger partial charge in [-0.1, -0.05) is 6.92 Å². The molecule has 0 amide bonds. The van der Waals surface area contributed by atoms with Crippen LogP contribution in [0.15, 0.2) is 0 Å². The third kappa shape index (κ3) is 5.32. The quantitative estimate of drug-likeness (QED) is 0.598. The molecular formula is C14H26N2O2S. The van der Waals surface area contributed by atoms with Crippen molar-refractivity contribution < 1.29 is 9.90 Å². The Kier molecular flexibility index (Phi) is 5.98. The fourth-order valence-corrected chi connectivity index (χ4v) is 3.23. The lowest BCUT2D eigenvalue weighted by Gasteiger charge is -2.43. The first-order chi connectivity index (χ1) is 9.19. The van der Waals surface area contributed by atoms with Crippen LogP contribution in [0.4, 0.5) is 0 Å². The minimum absolute atomic E-state index is 0.222. The Labute approximate surface area is 120 Å². The Morgan fingerprint density at radius 2 is 2.16 bits per heavy atom. The smallest absolute Gasteiger partial charge is 0.317 e. The second-order valence-corrected chi connectivity index (χ2v) is 7.13. The maximum Gasteiger partial charge on any atom is 0.317 e. The standard InChI is InChI=1S/C14H26N2O2S/c1-2-19-6-5-15-12-7-13(8-12)16(10-14(17)18)9-11-3-4-11/h11-13,15H,2-10H2,1H3,(H,17,18). The highest BCUT2D eigenvalue weighted by Gasteiger charge is 2.36. The normalized spacial score (nSPS) is 26.4. The maximum absolute atomic E-state index is 10.9. The zero-order valence-corrected chi connectivity index (χ0v) is 12.6. The minimum atomic E-state index is -0.684. The molecule has 2 N–H and O–H groups in total. The van der Waals surface area contributed by atoms with Crippen molar-refractivity contribution in [1.82, 2.24) is 10.2 Å². The van der Waals surface area contributed by atoms with Gasteiger partial charge >= 0.3 is 5.97 Å². The predicted molar refractivity (Wildman–Crippen MR) is 79.7 cm³/mol. The largest absolute Gasteiger partial charge is 0.480 e. The van der Waals surface area contributed by atoms with Crippen LogP contribution in [0, 0.1) is 5.92 Å². The molecule has 2 saturated carbocycles. The van der Waals surface area contributed by atoms with E-state index in [4.69, 9.17) is 5.11 Å². The van der Waals surface area contributed by atoms with Gasteiger partial charge in [0.1, 0.15) is 0 Å². The fraction of sp³-hybridized carbons (Fsp3) is 0.929. The molecule has 2 rings (SSSR count). The van der Waals surface area contributed by atoms with Crippen LogP contribution in [0.1, 0.15) is 32.6 Å². The molecule has 0 heterocycles. The van der Waals surface area contributed by atoms with Crippen molar-refractivity contribution in [1.29, 1.82) is 0 Å². The molecule has 0 aromatic carbocycles. The van der Waals surface area contributed by atoms with Crippen molar-refractivity contribution in [3.05, 3.63) is 0 Å². The van der Waals surface area contributed by atoms with E-state index < -0.39 is 5.97 Å². The molecule has 5 heteroatoms. The molecule has 0 saturated heterocycles. The van der Waals surface area contributed by atoms with Crippen LogP contribution >= 0.6 is 11.8 Å². The summed E-state index contributed by atoms with van der Waals surface area (Å²) in [6, 6.07) is 1.10. The zero-order valence-electron chi connectivity index (χ0n) is 11.8. The zero-order chi connectivity index (χ0) is 13.7. The lowest BCUT2D eigenvalue weighted by molar-refractivity contribution is -0.139. The summed E-state index contributed by atoms with van der Waals surface area (Å²) in [4.78, 5) is 13.1. The average Bonchev–Trinajstić information content (AvgIpc) is 3.09. The third-order valence-corrected chi connectivity index (χ3v) is 4.94. The van der Waals surface area contributed by atoms with Crippen molar-refractivity contribution in [2.75, 3.05) is 31.1 Å². The molecule has 0 unspecified atom stereocenters. The van der Waals surface area contributed by atoms with Gasteiger partial charge in [0.2, 0.25) is 0 Å². The highest BCUT2D eigenvalue weighted by molar-refractivity contribution is 7.99. The van der Waals surface area contributed by atoms with Gasteiger partial charge in [-0.15, -0.1) is 0 Å². The molecule has 2 aliphatic carbocycles.